The number of urea groups is 1. The lowest BCUT2D eigenvalue weighted by Crippen LogP contribution is -2.43. The number of para-hydroxylation sites is 1. The van der Waals surface area contributed by atoms with Gasteiger partial charge in [0.1, 0.15) is 6.04 Å². The van der Waals surface area contributed by atoms with E-state index in [1.807, 2.05) is 30.3 Å². The fraction of sp³-hybridized carbons (Fsp3) is 0.222. The van der Waals surface area contributed by atoms with Gasteiger partial charge in [0, 0.05) is 24.0 Å². The maximum atomic E-state index is 13.6. The van der Waals surface area contributed by atoms with Crippen molar-refractivity contribution >= 4 is 23.3 Å². The van der Waals surface area contributed by atoms with Crippen LogP contribution in [0.25, 0.3) is 0 Å². The van der Waals surface area contributed by atoms with Crippen LogP contribution >= 0.6 is 0 Å². The fourth-order valence-corrected chi connectivity index (χ4v) is 2.75. The Hall–Kier alpha value is -3.09. The summed E-state index contributed by atoms with van der Waals surface area (Å²) in [6, 6.07) is 12.2. The standard InChI is InChI=1S/C18H18FN3O3/c1-25-16-8-7-12(11-14(16)19)20-18(24)21-15-9-10-22(17(15)23)13-5-3-2-4-6-13/h2-8,11,15H,9-10H2,1H3,(H2,20,21,24)/t15-/m0/s1. The molecular weight excluding hydrogens is 325 g/mol. The Labute approximate surface area is 144 Å². The predicted molar refractivity (Wildman–Crippen MR) is 92.3 cm³/mol. The number of ether oxygens (including phenoxy) is 1. The average Bonchev–Trinajstić information content (AvgIpc) is 2.96. The smallest absolute Gasteiger partial charge is 0.319 e. The number of carbonyl (C=O) groups excluding carboxylic acids is 2. The van der Waals surface area contributed by atoms with Crippen LogP contribution in [0.4, 0.5) is 20.6 Å². The van der Waals surface area contributed by atoms with Crippen molar-refractivity contribution in [2.75, 3.05) is 23.9 Å². The van der Waals surface area contributed by atoms with Gasteiger partial charge in [-0.3, -0.25) is 4.79 Å². The van der Waals surface area contributed by atoms with Gasteiger partial charge >= 0.3 is 6.03 Å². The molecule has 1 heterocycles. The van der Waals surface area contributed by atoms with Crippen molar-refractivity contribution in [3.8, 4) is 5.75 Å². The first-order valence-corrected chi connectivity index (χ1v) is 7.86. The highest BCUT2D eigenvalue weighted by Crippen LogP contribution is 2.22. The van der Waals surface area contributed by atoms with Crippen molar-refractivity contribution in [1.82, 2.24) is 5.32 Å². The highest BCUT2D eigenvalue weighted by molar-refractivity contribution is 6.02. The summed E-state index contributed by atoms with van der Waals surface area (Å²) in [5.74, 6) is -0.648. The molecule has 1 aliphatic heterocycles. The van der Waals surface area contributed by atoms with E-state index in [1.165, 1.54) is 19.2 Å². The summed E-state index contributed by atoms with van der Waals surface area (Å²) in [5.41, 5.74) is 1.08. The molecule has 25 heavy (non-hydrogen) atoms. The zero-order valence-electron chi connectivity index (χ0n) is 13.7. The first-order valence-electron chi connectivity index (χ1n) is 7.86. The van der Waals surface area contributed by atoms with Crippen LogP contribution in [0.2, 0.25) is 0 Å². The molecule has 1 aliphatic rings. The van der Waals surface area contributed by atoms with Crippen molar-refractivity contribution in [2.24, 2.45) is 0 Å². The van der Waals surface area contributed by atoms with Crippen LogP contribution in [0.15, 0.2) is 48.5 Å². The maximum absolute atomic E-state index is 13.6. The van der Waals surface area contributed by atoms with Gasteiger partial charge < -0.3 is 20.3 Å². The lowest BCUT2D eigenvalue weighted by molar-refractivity contribution is -0.118. The van der Waals surface area contributed by atoms with Gasteiger partial charge in [-0.1, -0.05) is 18.2 Å². The summed E-state index contributed by atoms with van der Waals surface area (Å²) in [6.45, 7) is 0.533. The Morgan fingerprint density at radius 2 is 2.00 bits per heavy atom. The minimum atomic E-state index is -0.608. The predicted octanol–water partition coefficient (Wildman–Crippen LogP) is 2.76. The number of hydrogen-bond acceptors (Lipinski definition) is 3. The Morgan fingerprint density at radius 3 is 2.68 bits per heavy atom. The van der Waals surface area contributed by atoms with E-state index in [0.717, 1.165) is 11.8 Å². The van der Waals surface area contributed by atoms with E-state index in [0.29, 0.717) is 13.0 Å². The number of methoxy groups -OCH3 is 1. The molecule has 130 valence electrons. The topological polar surface area (TPSA) is 70.7 Å². The lowest BCUT2D eigenvalue weighted by atomic mass is 10.2. The highest BCUT2D eigenvalue weighted by atomic mass is 19.1. The number of rotatable bonds is 4. The maximum Gasteiger partial charge on any atom is 0.319 e. The molecule has 0 spiro atoms. The van der Waals surface area contributed by atoms with E-state index in [4.69, 9.17) is 4.74 Å². The van der Waals surface area contributed by atoms with Crippen LogP contribution in [0.5, 0.6) is 5.75 Å². The van der Waals surface area contributed by atoms with Gasteiger partial charge in [-0.05, 0) is 30.7 Å². The molecule has 3 rings (SSSR count). The summed E-state index contributed by atoms with van der Waals surface area (Å²) in [6.07, 6.45) is 0.512. The molecule has 0 unspecified atom stereocenters. The fourth-order valence-electron chi connectivity index (χ4n) is 2.75. The minimum Gasteiger partial charge on any atom is -0.494 e. The third-order valence-corrected chi connectivity index (χ3v) is 3.99. The summed E-state index contributed by atoms with van der Waals surface area (Å²) < 4.78 is 18.5. The van der Waals surface area contributed by atoms with Gasteiger partial charge in [-0.2, -0.15) is 0 Å². The number of nitrogens with zero attached hydrogens (tertiary/aromatic N) is 1. The number of amides is 3. The van der Waals surface area contributed by atoms with E-state index in [9.17, 15) is 14.0 Å². The van der Waals surface area contributed by atoms with Gasteiger partial charge in [-0.15, -0.1) is 0 Å². The van der Waals surface area contributed by atoms with Crippen LogP contribution in [-0.2, 0) is 4.79 Å². The normalized spacial score (nSPS) is 16.6. The molecule has 2 aromatic rings. The van der Waals surface area contributed by atoms with Crippen molar-refractivity contribution in [3.05, 3.63) is 54.3 Å². The quantitative estimate of drug-likeness (QED) is 0.897. The molecule has 1 fully saturated rings. The largest absolute Gasteiger partial charge is 0.494 e. The van der Waals surface area contributed by atoms with Crippen LogP contribution in [0.3, 0.4) is 0 Å². The molecule has 0 radical (unpaired) electrons. The molecule has 6 nitrogen and oxygen atoms in total. The number of hydrogen-bond donors (Lipinski definition) is 2. The van der Waals surface area contributed by atoms with E-state index in [-0.39, 0.29) is 17.3 Å². The van der Waals surface area contributed by atoms with Gasteiger partial charge in [0.15, 0.2) is 11.6 Å². The third-order valence-electron chi connectivity index (χ3n) is 3.99. The summed E-state index contributed by atoms with van der Waals surface area (Å²) in [5, 5.41) is 5.15. The minimum absolute atomic E-state index is 0.0930. The van der Waals surface area contributed by atoms with E-state index >= 15 is 0 Å². The second-order valence-corrected chi connectivity index (χ2v) is 5.61. The van der Waals surface area contributed by atoms with Crippen LogP contribution < -0.4 is 20.3 Å². The molecule has 0 saturated carbocycles. The van der Waals surface area contributed by atoms with Crippen molar-refractivity contribution in [3.63, 3.8) is 0 Å². The van der Waals surface area contributed by atoms with E-state index in [1.54, 1.807) is 4.90 Å². The zero-order valence-corrected chi connectivity index (χ0v) is 13.7. The monoisotopic (exact) mass is 343 g/mol. The van der Waals surface area contributed by atoms with Crippen LogP contribution in [0, 0.1) is 5.82 Å². The van der Waals surface area contributed by atoms with Crippen molar-refractivity contribution < 1.29 is 18.7 Å². The second-order valence-electron chi connectivity index (χ2n) is 5.61. The SMILES string of the molecule is COc1ccc(NC(=O)N[C@H]2CCN(c3ccccc3)C2=O)cc1F. The van der Waals surface area contributed by atoms with E-state index in [2.05, 4.69) is 10.6 Å². The van der Waals surface area contributed by atoms with Crippen molar-refractivity contribution in [2.45, 2.75) is 12.5 Å². The Kier molecular flexibility index (Phi) is 4.83. The number of carbonyl (C=O) groups is 2. The second kappa shape index (κ2) is 7.21. The van der Waals surface area contributed by atoms with Gasteiger partial charge in [0.25, 0.3) is 0 Å². The average molecular weight is 343 g/mol. The number of nitrogens with one attached hydrogen (secondary N) is 2. The molecule has 7 heteroatoms. The third kappa shape index (κ3) is 3.71. The Balaban J connectivity index is 1.60. The van der Waals surface area contributed by atoms with Crippen LogP contribution in [-0.4, -0.2) is 31.6 Å². The van der Waals surface area contributed by atoms with Gasteiger partial charge in [0.05, 0.1) is 7.11 Å². The van der Waals surface area contributed by atoms with Crippen molar-refractivity contribution in [1.29, 1.82) is 0 Å². The molecule has 1 atom stereocenters. The zero-order chi connectivity index (χ0) is 17.8. The first kappa shape index (κ1) is 16.8. The highest BCUT2D eigenvalue weighted by Gasteiger charge is 2.33. The molecule has 3 amide bonds. The molecule has 0 aromatic heterocycles. The molecule has 2 aromatic carbocycles. The number of anilines is 2. The molecular formula is C18H18FN3O3. The number of benzene rings is 2. The Bertz CT molecular complexity index is 782. The van der Waals surface area contributed by atoms with Crippen LogP contribution in [0.1, 0.15) is 6.42 Å². The Morgan fingerprint density at radius 1 is 1.24 bits per heavy atom. The lowest BCUT2D eigenvalue weighted by Gasteiger charge is -2.17. The molecule has 1 saturated heterocycles. The van der Waals surface area contributed by atoms with E-state index < -0.39 is 17.9 Å². The number of halogens is 1. The summed E-state index contributed by atoms with van der Waals surface area (Å²) in [4.78, 5) is 26.2. The molecule has 0 bridgehead atoms. The summed E-state index contributed by atoms with van der Waals surface area (Å²) >= 11 is 0. The first-order chi connectivity index (χ1) is 12.1. The van der Waals surface area contributed by atoms with Gasteiger partial charge in [-0.25, -0.2) is 9.18 Å². The molecule has 0 aliphatic carbocycles. The van der Waals surface area contributed by atoms with Gasteiger partial charge in [0.2, 0.25) is 5.91 Å². The molecule has 2 N–H and O–H groups in total. The summed E-state index contributed by atoms with van der Waals surface area (Å²) in [7, 11) is 1.36.